The molecule has 4 aliphatic rings. The van der Waals surface area contributed by atoms with E-state index in [0.717, 1.165) is 23.6 Å². The van der Waals surface area contributed by atoms with Gasteiger partial charge in [0.2, 0.25) is 27.7 Å². The molecule has 5 atom stereocenters. The van der Waals surface area contributed by atoms with Crippen molar-refractivity contribution in [3.8, 4) is 5.88 Å². The van der Waals surface area contributed by atoms with E-state index in [1.165, 1.54) is 35.5 Å². The lowest BCUT2D eigenvalue weighted by Gasteiger charge is -2.29. The SMILES string of the molecule is O=C(N[C@H]1CCCCC/C=C\[C@@H]2C[C@@]2(C(=O)NS(=O)(=O)C2CC2)CC(=O)[C@@H]2C[C@@H](Oc3nc4ncncc4c4ccccc34)CN2C1=O)c1ccccc1F. The Kier molecular flexibility index (Phi) is 9.82. The number of ketones is 1. The maximum absolute atomic E-state index is 14.7. The highest BCUT2D eigenvalue weighted by Gasteiger charge is 2.61. The van der Waals surface area contributed by atoms with Crippen LogP contribution in [0.2, 0.25) is 0 Å². The highest BCUT2D eigenvalue weighted by atomic mass is 32.2. The van der Waals surface area contributed by atoms with Gasteiger partial charge in [0, 0.05) is 29.8 Å². The lowest BCUT2D eigenvalue weighted by Crippen LogP contribution is -2.52. The number of halogens is 1. The number of benzene rings is 2. The van der Waals surface area contributed by atoms with E-state index in [4.69, 9.17) is 4.74 Å². The summed E-state index contributed by atoms with van der Waals surface area (Å²) in [7, 11) is -3.88. The number of nitrogens with zero attached hydrogens (tertiary/aromatic N) is 4. The molecule has 2 aliphatic heterocycles. The van der Waals surface area contributed by atoms with Crippen LogP contribution in [0.5, 0.6) is 5.88 Å². The molecule has 4 aromatic rings. The van der Waals surface area contributed by atoms with E-state index >= 15 is 0 Å². The van der Waals surface area contributed by atoms with Crippen LogP contribution in [0.15, 0.2) is 73.2 Å². The number of hydrogen-bond donors (Lipinski definition) is 2. The third kappa shape index (κ3) is 7.41. The van der Waals surface area contributed by atoms with Gasteiger partial charge >= 0.3 is 0 Å². The van der Waals surface area contributed by atoms with Crippen molar-refractivity contribution in [2.45, 2.75) is 87.6 Å². The Hall–Kier alpha value is -5.31. The molecule has 2 N–H and O–H groups in total. The first-order chi connectivity index (χ1) is 26.5. The lowest BCUT2D eigenvalue weighted by atomic mass is 9.91. The Morgan fingerprint density at radius 3 is 2.55 bits per heavy atom. The minimum atomic E-state index is -3.88. The monoisotopic (exact) mass is 768 g/mol. The molecule has 55 heavy (non-hydrogen) atoms. The first kappa shape index (κ1) is 36.7. The van der Waals surface area contributed by atoms with Gasteiger partial charge in [-0.2, -0.15) is 4.98 Å². The van der Waals surface area contributed by atoms with Crippen LogP contribution in [0.3, 0.4) is 0 Å². The molecule has 1 saturated heterocycles. The predicted molar refractivity (Wildman–Crippen MR) is 200 cm³/mol. The maximum atomic E-state index is 14.7. The summed E-state index contributed by atoms with van der Waals surface area (Å²) in [5, 5.41) is 4.34. The molecule has 3 fully saturated rings. The van der Waals surface area contributed by atoms with Crippen molar-refractivity contribution in [1.29, 1.82) is 0 Å². The molecule has 13 nitrogen and oxygen atoms in total. The second-order valence-corrected chi connectivity index (χ2v) is 17.0. The fourth-order valence-electron chi connectivity index (χ4n) is 7.98. The van der Waals surface area contributed by atoms with Crippen molar-refractivity contribution >= 4 is 55.3 Å². The Morgan fingerprint density at radius 1 is 0.964 bits per heavy atom. The van der Waals surface area contributed by atoms with E-state index < -0.39 is 68.2 Å². The number of amides is 3. The Bertz CT molecular complexity index is 2340. The highest BCUT2D eigenvalue weighted by molar-refractivity contribution is 7.90. The van der Waals surface area contributed by atoms with Gasteiger partial charge in [0.15, 0.2) is 11.4 Å². The van der Waals surface area contributed by atoms with Gasteiger partial charge in [-0.15, -0.1) is 0 Å². The zero-order valence-corrected chi connectivity index (χ0v) is 30.8. The molecule has 286 valence electrons. The van der Waals surface area contributed by atoms with Gasteiger partial charge in [0.25, 0.3) is 5.91 Å². The molecular weight excluding hydrogens is 728 g/mol. The Labute approximate surface area is 317 Å². The largest absolute Gasteiger partial charge is 0.472 e. The highest BCUT2D eigenvalue weighted by Crippen LogP contribution is 2.57. The Morgan fingerprint density at radius 2 is 1.75 bits per heavy atom. The van der Waals surface area contributed by atoms with Crippen molar-refractivity contribution < 1.29 is 36.7 Å². The van der Waals surface area contributed by atoms with Crippen LogP contribution in [0.1, 0.15) is 74.6 Å². The number of rotatable bonds is 7. The molecule has 15 heteroatoms. The number of Topliss-reactive ketones (excluding diaryl/α,β-unsaturated/α-hetero) is 1. The fraction of sp³-hybridized carbons (Fsp3) is 0.425. The number of fused-ring (bicyclic) bond motifs is 5. The zero-order chi connectivity index (χ0) is 38.3. The second-order valence-electron chi connectivity index (χ2n) is 15.1. The number of sulfonamides is 1. The normalized spacial score (nSPS) is 26.7. The number of pyridine rings is 1. The third-order valence-corrected chi connectivity index (χ3v) is 13.1. The molecule has 2 saturated carbocycles. The van der Waals surface area contributed by atoms with Gasteiger partial charge in [-0.1, -0.05) is 55.3 Å². The third-order valence-electron chi connectivity index (χ3n) is 11.3. The molecule has 2 aliphatic carbocycles. The average Bonchev–Trinajstić information content (AvgIpc) is 4.10. The average molecular weight is 769 g/mol. The van der Waals surface area contributed by atoms with E-state index in [2.05, 4.69) is 25.0 Å². The summed E-state index contributed by atoms with van der Waals surface area (Å²) in [6.45, 7) is -0.0439. The number of hydrogen-bond acceptors (Lipinski definition) is 10. The maximum Gasteiger partial charge on any atom is 0.254 e. The van der Waals surface area contributed by atoms with Gasteiger partial charge in [-0.3, -0.25) is 23.9 Å². The van der Waals surface area contributed by atoms with E-state index in [9.17, 15) is 32.0 Å². The molecule has 3 amide bonds. The number of aromatic nitrogens is 3. The van der Waals surface area contributed by atoms with Crippen LogP contribution in [0.4, 0.5) is 4.39 Å². The Balaban J connectivity index is 1.13. The first-order valence-electron chi connectivity index (χ1n) is 18.8. The standard InChI is InChI=1S/C40H41FN6O7S/c41-31-14-9-8-13-29(31)36(49)44-32-15-5-3-1-2-4-10-24-19-40(24,39(51)46-55(52,53)26-16-17-26)20-34(48)33-18-25(22-47(33)38(32)50)54-37-28-12-7-6-11-27(28)30-21-42-23-43-35(30)45-37/h4,6-14,21,23-26,32-33H,1-3,5,15-20,22H2,(H,44,49)(H,46,51)/b10-4-/t24-,25-,32+,33+,40-/m1/s1. The minimum Gasteiger partial charge on any atom is -0.472 e. The zero-order valence-electron chi connectivity index (χ0n) is 30.0. The summed E-state index contributed by atoms with van der Waals surface area (Å²) in [4.78, 5) is 70.9. The molecule has 0 unspecified atom stereocenters. The molecule has 8 rings (SSSR count). The summed E-state index contributed by atoms with van der Waals surface area (Å²) in [6.07, 6.45) is 10.1. The number of nitrogens with one attached hydrogen (secondary N) is 2. The fourth-order valence-corrected chi connectivity index (χ4v) is 9.37. The second kappa shape index (κ2) is 14.7. The smallest absolute Gasteiger partial charge is 0.254 e. The molecule has 2 aromatic heterocycles. The summed E-state index contributed by atoms with van der Waals surface area (Å²) >= 11 is 0. The predicted octanol–water partition coefficient (Wildman–Crippen LogP) is 4.56. The van der Waals surface area contributed by atoms with Crippen LogP contribution in [0.25, 0.3) is 21.8 Å². The van der Waals surface area contributed by atoms with Crippen molar-refractivity contribution in [3.05, 3.63) is 84.6 Å². The topological polar surface area (TPSA) is 178 Å². The summed E-state index contributed by atoms with van der Waals surface area (Å²) in [5.41, 5.74) is -1.10. The van der Waals surface area contributed by atoms with Gasteiger partial charge in [-0.25, -0.2) is 22.8 Å². The van der Waals surface area contributed by atoms with Gasteiger partial charge in [0.1, 0.15) is 24.3 Å². The van der Waals surface area contributed by atoms with Crippen LogP contribution < -0.4 is 14.8 Å². The molecule has 0 spiro atoms. The number of carbonyl (C=O) groups is 4. The van der Waals surface area contributed by atoms with Crippen LogP contribution >= 0.6 is 0 Å². The van der Waals surface area contributed by atoms with Crippen LogP contribution in [0, 0.1) is 17.2 Å². The molecular formula is C40H41FN6O7S. The van der Waals surface area contributed by atoms with Gasteiger partial charge in [0.05, 0.1) is 28.8 Å². The molecule has 2 aromatic carbocycles. The summed E-state index contributed by atoms with van der Waals surface area (Å²) in [5.74, 6) is -3.25. The minimum absolute atomic E-state index is 0.0439. The molecule has 0 radical (unpaired) electrons. The molecule has 4 heterocycles. The van der Waals surface area contributed by atoms with E-state index in [0.29, 0.717) is 36.7 Å². The number of ether oxygens (including phenoxy) is 1. The first-order valence-corrected chi connectivity index (χ1v) is 20.3. The van der Waals surface area contributed by atoms with Gasteiger partial charge < -0.3 is 15.0 Å². The van der Waals surface area contributed by atoms with Crippen molar-refractivity contribution in [2.75, 3.05) is 6.54 Å². The quantitative estimate of drug-likeness (QED) is 0.200. The molecule has 0 bridgehead atoms. The van der Waals surface area contributed by atoms with E-state index in [1.54, 1.807) is 6.20 Å². The van der Waals surface area contributed by atoms with Crippen molar-refractivity contribution in [3.63, 3.8) is 0 Å². The van der Waals surface area contributed by atoms with E-state index in [1.807, 2.05) is 36.4 Å². The van der Waals surface area contributed by atoms with Gasteiger partial charge in [-0.05, 0) is 68.0 Å². The number of allylic oxidation sites excluding steroid dienone is 2. The van der Waals surface area contributed by atoms with Crippen molar-refractivity contribution in [1.82, 2.24) is 29.9 Å². The van der Waals surface area contributed by atoms with Crippen LogP contribution in [-0.2, 0) is 24.4 Å². The van der Waals surface area contributed by atoms with Crippen LogP contribution in [-0.4, -0.2) is 81.8 Å². The lowest BCUT2D eigenvalue weighted by molar-refractivity contribution is -0.140. The number of carbonyl (C=O) groups excluding carboxylic acids is 4. The van der Waals surface area contributed by atoms with Crippen molar-refractivity contribution in [2.24, 2.45) is 11.3 Å². The summed E-state index contributed by atoms with van der Waals surface area (Å²) < 4.78 is 49.2. The summed E-state index contributed by atoms with van der Waals surface area (Å²) in [6, 6.07) is 10.8. The van der Waals surface area contributed by atoms with E-state index in [-0.39, 0.29) is 49.6 Å².